The quantitative estimate of drug-likeness (QED) is 0.726. The van der Waals surface area contributed by atoms with E-state index in [0.717, 1.165) is 6.54 Å². The summed E-state index contributed by atoms with van der Waals surface area (Å²) in [7, 11) is -3.71. The number of amides is 1. The molecule has 0 aliphatic heterocycles. The van der Waals surface area contributed by atoms with Gasteiger partial charge in [-0.2, -0.15) is 0 Å². The van der Waals surface area contributed by atoms with Crippen LogP contribution in [0.2, 0.25) is 0 Å². The second kappa shape index (κ2) is 6.83. The summed E-state index contributed by atoms with van der Waals surface area (Å²) < 4.78 is 22.2. The maximum Gasteiger partial charge on any atom is 0.241 e. The average Bonchev–Trinajstić information content (AvgIpc) is 2.35. The molecule has 1 aromatic rings. The smallest absolute Gasteiger partial charge is 0.241 e. The molecule has 0 heterocycles. The van der Waals surface area contributed by atoms with Crippen LogP contribution in [-0.2, 0) is 14.8 Å². The van der Waals surface area contributed by atoms with Crippen molar-refractivity contribution in [3.63, 3.8) is 0 Å². The van der Waals surface area contributed by atoms with Gasteiger partial charge in [0, 0.05) is 5.69 Å². The highest BCUT2D eigenvalue weighted by Crippen LogP contribution is 2.12. The Morgan fingerprint density at radius 1 is 1.20 bits per heavy atom. The van der Waals surface area contributed by atoms with Crippen LogP contribution in [-0.4, -0.2) is 26.9 Å². The van der Waals surface area contributed by atoms with Gasteiger partial charge < -0.3 is 10.6 Å². The number of anilines is 1. The predicted molar refractivity (Wildman–Crippen MR) is 78.7 cm³/mol. The number of rotatable bonds is 6. The summed E-state index contributed by atoms with van der Waals surface area (Å²) in [6.07, 6.45) is 0. The Balaban J connectivity index is 2.62. The molecule has 0 radical (unpaired) electrons. The third kappa shape index (κ3) is 5.28. The second-order valence-electron chi connectivity index (χ2n) is 5.08. The number of nitrogens with one attached hydrogen (secondary N) is 2. The van der Waals surface area contributed by atoms with Gasteiger partial charge in [0.15, 0.2) is 0 Å². The molecule has 1 rings (SSSR count). The molecule has 20 heavy (non-hydrogen) atoms. The van der Waals surface area contributed by atoms with Crippen molar-refractivity contribution in [1.29, 1.82) is 0 Å². The lowest BCUT2D eigenvalue weighted by Gasteiger charge is -2.15. The van der Waals surface area contributed by atoms with Crippen molar-refractivity contribution < 1.29 is 13.2 Å². The first-order chi connectivity index (χ1) is 9.20. The van der Waals surface area contributed by atoms with E-state index in [-0.39, 0.29) is 16.8 Å². The zero-order chi connectivity index (χ0) is 15.3. The molecule has 7 heteroatoms. The molecule has 4 N–H and O–H groups in total. The van der Waals surface area contributed by atoms with E-state index >= 15 is 0 Å². The Morgan fingerprint density at radius 3 is 2.20 bits per heavy atom. The molecule has 0 bridgehead atoms. The van der Waals surface area contributed by atoms with Crippen LogP contribution in [0.1, 0.15) is 20.8 Å². The van der Waals surface area contributed by atoms with Crippen LogP contribution in [0.5, 0.6) is 0 Å². The van der Waals surface area contributed by atoms with Crippen molar-refractivity contribution >= 4 is 21.6 Å². The minimum Gasteiger partial charge on any atom is -0.325 e. The molecule has 0 aromatic heterocycles. The number of sulfonamides is 1. The summed E-state index contributed by atoms with van der Waals surface area (Å²) in [5.41, 5.74) is 0.528. The van der Waals surface area contributed by atoms with E-state index in [4.69, 9.17) is 5.14 Å². The number of carbonyl (C=O) groups is 1. The highest BCUT2D eigenvalue weighted by molar-refractivity contribution is 7.89. The number of hydrogen-bond donors (Lipinski definition) is 3. The molecule has 0 unspecified atom stereocenters. The van der Waals surface area contributed by atoms with Gasteiger partial charge in [0.25, 0.3) is 0 Å². The lowest BCUT2D eigenvalue weighted by Crippen LogP contribution is -2.39. The fourth-order valence-electron chi connectivity index (χ4n) is 1.48. The molecule has 0 saturated heterocycles. The van der Waals surface area contributed by atoms with Gasteiger partial charge in [0.05, 0.1) is 10.9 Å². The highest BCUT2D eigenvalue weighted by Gasteiger charge is 2.13. The molecular weight excluding hydrogens is 278 g/mol. The minimum atomic E-state index is -3.71. The Morgan fingerprint density at radius 2 is 1.75 bits per heavy atom. The lowest BCUT2D eigenvalue weighted by atomic mass is 10.2. The third-order valence-corrected chi connectivity index (χ3v) is 3.61. The summed E-state index contributed by atoms with van der Waals surface area (Å²) in [4.78, 5) is 11.9. The van der Waals surface area contributed by atoms with Gasteiger partial charge in [-0.05, 0) is 43.7 Å². The van der Waals surface area contributed by atoms with E-state index < -0.39 is 10.0 Å². The van der Waals surface area contributed by atoms with Gasteiger partial charge >= 0.3 is 0 Å². The summed E-state index contributed by atoms with van der Waals surface area (Å²) in [6.45, 7) is 6.64. The zero-order valence-corrected chi connectivity index (χ0v) is 12.7. The van der Waals surface area contributed by atoms with E-state index in [1.807, 2.05) is 0 Å². The number of nitrogens with two attached hydrogens (primary N) is 1. The summed E-state index contributed by atoms with van der Waals surface area (Å²) in [5, 5.41) is 10.8. The van der Waals surface area contributed by atoms with Crippen LogP contribution in [0.15, 0.2) is 29.2 Å². The van der Waals surface area contributed by atoms with Crippen molar-refractivity contribution in [2.45, 2.75) is 31.7 Å². The second-order valence-corrected chi connectivity index (χ2v) is 6.64. The van der Waals surface area contributed by atoms with Gasteiger partial charge in [-0.3, -0.25) is 4.79 Å². The molecule has 0 spiro atoms. The molecule has 6 nitrogen and oxygen atoms in total. The van der Waals surface area contributed by atoms with Crippen molar-refractivity contribution in [2.75, 3.05) is 11.9 Å². The topological polar surface area (TPSA) is 101 Å². The SMILES string of the molecule is CC(C)CN[C@@H](C)C(=O)Nc1ccc(S(N)(=O)=O)cc1. The lowest BCUT2D eigenvalue weighted by molar-refractivity contribution is -0.117. The predicted octanol–water partition coefficient (Wildman–Crippen LogP) is 0.907. The summed E-state index contributed by atoms with van der Waals surface area (Å²) in [5.74, 6) is 0.285. The van der Waals surface area contributed by atoms with E-state index in [9.17, 15) is 13.2 Å². The number of benzene rings is 1. The Hall–Kier alpha value is -1.44. The van der Waals surface area contributed by atoms with Gasteiger partial charge in [0.1, 0.15) is 0 Å². The van der Waals surface area contributed by atoms with Gasteiger partial charge in [-0.1, -0.05) is 13.8 Å². The molecule has 0 aliphatic carbocycles. The van der Waals surface area contributed by atoms with E-state index in [0.29, 0.717) is 11.6 Å². The number of primary sulfonamides is 1. The molecule has 112 valence electrons. The summed E-state index contributed by atoms with van der Waals surface area (Å²) >= 11 is 0. The normalized spacial score (nSPS) is 13.2. The van der Waals surface area contributed by atoms with Crippen molar-refractivity contribution in [3.8, 4) is 0 Å². The average molecular weight is 299 g/mol. The van der Waals surface area contributed by atoms with Crippen LogP contribution in [0.3, 0.4) is 0 Å². The molecule has 1 amide bonds. The van der Waals surface area contributed by atoms with Crippen LogP contribution in [0, 0.1) is 5.92 Å². The molecule has 0 fully saturated rings. The molecule has 0 saturated carbocycles. The van der Waals surface area contributed by atoms with Crippen LogP contribution < -0.4 is 15.8 Å². The van der Waals surface area contributed by atoms with Crippen molar-refractivity contribution in [3.05, 3.63) is 24.3 Å². The van der Waals surface area contributed by atoms with Crippen molar-refractivity contribution in [1.82, 2.24) is 5.32 Å². The number of hydrogen-bond acceptors (Lipinski definition) is 4. The maximum absolute atomic E-state index is 11.9. The van der Waals surface area contributed by atoms with Gasteiger partial charge in [0.2, 0.25) is 15.9 Å². The molecule has 1 atom stereocenters. The van der Waals surface area contributed by atoms with Crippen LogP contribution >= 0.6 is 0 Å². The highest BCUT2D eigenvalue weighted by atomic mass is 32.2. The molecule has 1 aromatic carbocycles. The minimum absolute atomic E-state index is 0.0153. The fourth-order valence-corrected chi connectivity index (χ4v) is 2.00. The van der Waals surface area contributed by atoms with Crippen LogP contribution in [0.25, 0.3) is 0 Å². The summed E-state index contributed by atoms with van der Waals surface area (Å²) in [6, 6.07) is 5.41. The first kappa shape index (κ1) is 16.6. The zero-order valence-electron chi connectivity index (χ0n) is 11.9. The fraction of sp³-hybridized carbons (Fsp3) is 0.462. The third-order valence-electron chi connectivity index (χ3n) is 2.68. The Labute approximate surface area is 119 Å². The Bertz CT molecular complexity index is 553. The van der Waals surface area contributed by atoms with Crippen LogP contribution in [0.4, 0.5) is 5.69 Å². The van der Waals surface area contributed by atoms with E-state index in [1.165, 1.54) is 24.3 Å². The monoisotopic (exact) mass is 299 g/mol. The number of carbonyl (C=O) groups excluding carboxylic acids is 1. The molecular formula is C13H21N3O3S. The Kier molecular flexibility index (Phi) is 5.67. The first-order valence-corrected chi connectivity index (χ1v) is 7.92. The van der Waals surface area contributed by atoms with E-state index in [2.05, 4.69) is 24.5 Å². The van der Waals surface area contributed by atoms with E-state index in [1.54, 1.807) is 6.92 Å². The molecule has 0 aliphatic rings. The standard InChI is InChI=1S/C13H21N3O3S/c1-9(2)8-15-10(3)13(17)16-11-4-6-12(7-5-11)20(14,18)19/h4-7,9-10,15H,8H2,1-3H3,(H,16,17)(H2,14,18,19)/t10-/m0/s1. The largest absolute Gasteiger partial charge is 0.325 e. The maximum atomic E-state index is 11.9. The van der Waals surface area contributed by atoms with Crippen molar-refractivity contribution in [2.24, 2.45) is 11.1 Å². The first-order valence-electron chi connectivity index (χ1n) is 6.37. The van der Waals surface area contributed by atoms with Gasteiger partial charge in [-0.25, -0.2) is 13.6 Å². The van der Waals surface area contributed by atoms with Gasteiger partial charge in [-0.15, -0.1) is 0 Å².